The molecule has 176 valence electrons. The van der Waals surface area contributed by atoms with Crippen LogP contribution in [0.4, 0.5) is 11.6 Å². The number of aromatic nitrogens is 3. The second-order valence-corrected chi connectivity index (χ2v) is 7.90. The van der Waals surface area contributed by atoms with Gasteiger partial charge in [0, 0.05) is 17.5 Å². The van der Waals surface area contributed by atoms with Crippen molar-refractivity contribution in [3.05, 3.63) is 77.3 Å². The molecule has 3 aromatic rings. The first-order valence-corrected chi connectivity index (χ1v) is 11.0. The zero-order chi connectivity index (χ0) is 24.2. The van der Waals surface area contributed by atoms with E-state index in [9.17, 15) is 9.59 Å². The van der Waals surface area contributed by atoms with Crippen molar-refractivity contribution in [1.82, 2.24) is 14.8 Å². The minimum absolute atomic E-state index is 0.0642. The summed E-state index contributed by atoms with van der Waals surface area (Å²) in [5.41, 5.74) is 3.59. The van der Waals surface area contributed by atoms with Crippen molar-refractivity contribution in [1.29, 1.82) is 0 Å². The Morgan fingerprint density at radius 2 is 1.88 bits per heavy atom. The van der Waals surface area contributed by atoms with Gasteiger partial charge in [-0.2, -0.15) is 10.1 Å². The molecule has 0 saturated heterocycles. The Morgan fingerprint density at radius 3 is 2.59 bits per heavy atom. The van der Waals surface area contributed by atoms with E-state index in [1.54, 1.807) is 54.8 Å². The molecule has 1 aliphatic heterocycles. The number of aryl methyl sites for hydroxylation is 1. The molecule has 1 aromatic heterocycles. The van der Waals surface area contributed by atoms with E-state index in [0.29, 0.717) is 28.7 Å². The number of nitrogens with zero attached hydrogens (tertiary/aromatic N) is 4. The first-order chi connectivity index (χ1) is 16.4. The monoisotopic (exact) mass is 461 g/mol. The Morgan fingerprint density at radius 1 is 1.12 bits per heavy atom. The van der Waals surface area contributed by atoms with Crippen molar-refractivity contribution >= 4 is 23.5 Å². The molecule has 9 nitrogen and oxygen atoms in total. The van der Waals surface area contributed by atoms with Gasteiger partial charge in [0.25, 0.3) is 0 Å². The highest BCUT2D eigenvalue weighted by Gasteiger charge is 2.38. The van der Waals surface area contributed by atoms with Crippen LogP contribution in [0.5, 0.6) is 5.75 Å². The summed E-state index contributed by atoms with van der Waals surface area (Å²) in [7, 11) is 1.57. The normalized spacial score (nSPS) is 15.1. The average molecular weight is 462 g/mol. The SMILES string of the molecule is CCOC(=O)C1=C(C)N(CC(=O)Nc2cccc(OC)c2)c2ncnn2[C@H]1c1ccc(C)cc1. The molecule has 0 fully saturated rings. The maximum absolute atomic E-state index is 13.1. The second kappa shape index (κ2) is 9.78. The van der Waals surface area contributed by atoms with Crippen molar-refractivity contribution in [2.75, 3.05) is 30.5 Å². The largest absolute Gasteiger partial charge is 0.497 e. The van der Waals surface area contributed by atoms with Crippen LogP contribution in [0.3, 0.4) is 0 Å². The van der Waals surface area contributed by atoms with Crippen molar-refractivity contribution in [2.24, 2.45) is 0 Å². The molecule has 1 amide bonds. The fourth-order valence-electron chi connectivity index (χ4n) is 3.99. The lowest BCUT2D eigenvalue weighted by molar-refractivity contribution is -0.139. The smallest absolute Gasteiger partial charge is 0.338 e. The molecular weight excluding hydrogens is 434 g/mol. The van der Waals surface area contributed by atoms with Crippen LogP contribution in [-0.4, -0.2) is 46.9 Å². The summed E-state index contributed by atoms with van der Waals surface area (Å²) >= 11 is 0. The lowest BCUT2D eigenvalue weighted by atomic mass is 9.94. The molecule has 1 N–H and O–H groups in total. The fraction of sp³-hybridized carbons (Fsp3) is 0.280. The highest BCUT2D eigenvalue weighted by molar-refractivity contribution is 5.96. The molecule has 0 unspecified atom stereocenters. The van der Waals surface area contributed by atoms with E-state index in [0.717, 1.165) is 11.1 Å². The third kappa shape index (κ3) is 4.50. The van der Waals surface area contributed by atoms with Gasteiger partial charge in [0.2, 0.25) is 11.9 Å². The number of methoxy groups -OCH3 is 1. The number of hydrogen-bond acceptors (Lipinski definition) is 7. The fourth-order valence-corrected chi connectivity index (χ4v) is 3.99. The summed E-state index contributed by atoms with van der Waals surface area (Å²) in [6.07, 6.45) is 1.42. The molecule has 0 aliphatic carbocycles. The molecule has 0 bridgehead atoms. The van der Waals surface area contributed by atoms with Crippen LogP contribution in [0.25, 0.3) is 0 Å². The Bertz CT molecular complexity index is 1230. The van der Waals surface area contributed by atoms with Gasteiger partial charge >= 0.3 is 5.97 Å². The molecule has 2 heterocycles. The van der Waals surface area contributed by atoms with Gasteiger partial charge in [0.1, 0.15) is 24.7 Å². The lowest BCUT2D eigenvalue weighted by Crippen LogP contribution is -2.40. The van der Waals surface area contributed by atoms with E-state index in [2.05, 4.69) is 15.4 Å². The zero-order valence-corrected chi connectivity index (χ0v) is 19.6. The first kappa shape index (κ1) is 23.0. The van der Waals surface area contributed by atoms with Crippen molar-refractivity contribution in [3.8, 4) is 5.75 Å². The number of fused-ring (bicyclic) bond motifs is 1. The quantitative estimate of drug-likeness (QED) is 0.538. The van der Waals surface area contributed by atoms with Gasteiger partial charge in [-0.15, -0.1) is 0 Å². The van der Waals surface area contributed by atoms with E-state index >= 15 is 0 Å². The Kier molecular flexibility index (Phi) is 6.62. The second-order valence-electron chi connectivity index (χ2n) is 7.90. The van der Waals surface area contributed by atoms with Gasteiger partial charge in [-0.25, -0.2) is 9.48 Å². The van der Waals surface area contributed by atoms with Crippen LogP contribution < -0.4 is 15.0 Å². The number of benzene rings is 2. The third-order valence-corrected chi connectivity index (χ3v) is 5.65. The van der Waals surface area contributed by atoms with Gasteiger partial charge in [-0.3, -0.25) is 4.79 Å². The lowest BCUT2D eigenvalue weighted by Gasteiger charge is -2.35. The number of allylic oxidation sites excluding steroid dienone is 1. The summed E-state index contributed by atoms with van der Waals surface area (Å²) in [5.74, 6) is 0.373. The van der Waals surface area contributed by atoms with Crippen molar-refractivity contribution < 1.29 is 19.1 Å². The number of hydrogen-bond donors (Lipinski definition) is 1. The van der Waals surface area contributed by atoms with E-state index < -0.39 is 12.0 Å². The number of nitrogens with one attached hydrogen (secondary N) is 1. The van der Waals surface area contributed by atoms with Gasteiger partial charge < -0.3 is 19.7 Å². The van der Waals surface area contributed by atoms with Crippen molar-refractivity contribution in [2.45, 2.75) is 26.8 Å². The van der Waals surface area contributed by atoms with Gasteiger partial charge in [0.05, 0.1) is 19.3 Å². The zero-order valence-electron chi connectivity index (χ0n) is 19.6. The van der Waals surface area contributed by atoms with Gasteiger partial charge in [0.15, 0.2) is 0 Å². The van der Waals surface area contributed by atoms with E-state index in [1.807, 2.05) is 31.2 Å². The predicted octanol–water partition coefficient (Wildman–Crippen LogP) is 3.48. The maximum Gasteiger partial charge on any atom is 0.338 e. The highest BCUT2D eigenvalue weighted by Crippen LogP contribution is 2.38. The summed E-state index contributed by atoms with van der Waals surface area (Å²) < 4.78 is 12.3. The third-order valence-electron chi connectivity index (χ3n) is 5.65. The molecule has 0 radical (unpaired) electrons. The minimum atomic E-state index is -0.519. The predicted molar refractivity (Wildman–Crippen MR) is 128 cm³/mol. The van der Waals surface area contributed by atoms with Crippen LogP contribution in [0.1, 0.15) is 31.0 Å². The molecular formula is C25H27N5O4. The number of rotatable bonds is 7. The molecule has 1 aliphatic rings. The average Bonchev–Trinajstić information content (AvgIpc) is 3.31. The van der Waals surface area contributed by atoms with Crippen LogP contribution in [0.15, 0.2) is 66.1 Å². The Balaban J connectivity index is 1.71. The number of amides is 1. The summed E-state index contributed by atoms with van der Waals surface area (Å²) in [5, 5.41) is 7.27. The standard InChI is InChI=1S/C25H27N5O4/c1-5-34-24(32)22-17(3)29(14-21(31)28-19-7-6-8-20(13-19)33-4)25-26-15-27-30(25)23(22)18-11-9-16(2)10-12-18/h6-13,15,23H,5,14H2,1-4H3,(H,28,31)/t23-/m0/s1. The van der Waals surface area contributed by atoms with Crippen molar-refractivity contribution in [3.63, 3.8) is 0 Å². The number of esters is 1. The molecule has 2 aromatic carbocycles. The number of carbonyl (C=O) groups is 2. The maximum atomic E-state index is 13.1. The first-order valence-electron chi connectivity index (χ1n) is 11.0. The molecule has 1 atom stereocenters. The molecule has 4 rings (SSSR count). The molecule has 0 saturated carbocycles. The minimum Gasteiger partial charge on any atom is -0.497 e. The van der Waals surface area contributed by atoms with Gasteiger partial charge in [-0.05, 0) is 38.5 Å². The summed E-state index contributed by atoms with van der Waals surface area (Å²) in [4.78, 5) is 32.1. The van der Waals surface area contributed by atoms with Crippen LogP contribution in [0.2, 0.25) is 0 Å². The van der Waals surface area contributed by atoms with Crippen LogP contribution in [0, 0.1) is 6.92 Å². The van der Waals surface area contributed by atoms with Crippen LogP contribution >= 0.6 is 0 Å². The molecule has 34 heavy (non-hydrogen) atoms. The molecule has 0 spiro atoms. The topological polar surface area (TPSA) is 98.6 Å². The highest BCUT2D eigenvalue weighted by atomic mass is 16.5. The summed E-state index contributed by atoms with van der Waals surface area (Å²) in [6, 6.07) is 14.5. The van der Waals surface area contributed by atoms with E-state index in [1.165, 1.54) is 6.33 Å². The van der Waals surface area contributed by atoms with Gasteiger partial charge in [-0.1, -0.05) is 35.9 Å². The Labute approximate surface area is 198 Å². The molecule has 9 heteroatoms. The van der Waals surface area contributed by atoms with E-state index in [4.69, 9.17) is 9.47 Å². The van der Waals surface area contributed by atoms with Crippen LogP contribution in [-0.2, 0) is 14.3 Å². The number of ether oxygens (including phenoxy) is 2. The van der Waals surface area contributed by atoms with E-state index in [-0.39, 0.29) is 19.1 Å². The summed E-state index contributed by atoms with van der Waals surface area (Å²) in [6.45, 7) is 5.73. The number of anilines is 2. The Hall–Kier alpha value is -4.14. The number of carbonyl (C=O) groups excluding carboxylic acids is 2.